The number of aliphatic carboxylic acids is 1. The molecule has 0 aromatic heterocycles. The van der Waals surface area contributed by atoms with Crippen molar-refractivity contribution in [1.29, 1.82) is 0 Å². The molecule has 1 rings (SSSR count). The highest BCUT2D eigenvalue weighted by Crippen LogP contribution is 2.21. The van der Waals surface area contributed by atoms with Gasteiger partial charge in [0.25, 0.3) is 5.91 Å². The molecule has 5 nitrogen and oxygen atoms in total. The summed E-state index contributed by atoms with van der Waals surface area (Å²) >= 11 is 3.11. The van der Waals surface area contributed by atoms with Crippen molar-refractivity contribution >= 4 is 27.8 Å². The summed E-state index contributed by atoms with van der Waals surface area (Å²) in [6.07, 6.45) is 0.494. The minimum Gasteiger partial charge on any atom is -0.481 e. The average Bonchev–Trinajstić information content (AvgIpc) is 2.43. The molecule has 1 amide bonds. The minimum atomic E-state index is -1.32. The topological polar surface area (TPSA) is 75.6 Å². The Morgan fingerprint density at radius 3 is 2.48 bits per heavy atom. The van der Waals surface area contributed by atoms with Gasteiger partial charge in [-0.15, -0.1) is 0 Å². The van der Waals surface area contributed by atoms with Gasteiger partial charge in [0.15, 0.2) is 18.2 Å². The summed E-state index contributed by atoms with van der Waals surface area (Å²) in [5, 5.41) is 11.6. The first-order valence-corrected chi connectivity index (χ1v) is 7.26. The van der Waals surface area contributed by atoms with E-state index in [1.807, 2.05) is 0 Å². The van der Waals surface area contributed by atoms with Gasteiger partial charge < -0.3 is 15.2 Å². The Bertz CT molecular complexity index is 532. The van der Waals surface area contributed by atoms with Crippen molar-refractivity contribution in [3.05, 3.63) is 28.5 Å². The van der Waals surface area contributed by atoms with E-state index in [0.29, 0.717) is 4.47 Å². The molecule has 0 spiro atoms. The summed E-state index contributed by atoms with van der Waals surface area (Å²) in [6, 6.07) is 4.18. The van der Waals surface area contributed by atoms with Crippen molar-refractivity contribution in [2.45, 2.75) is 32.2 Å². The van der Waals surface area contributed by atoms with Crippen molar-refractivity contribution < 1.29 is 23.8 Å². The molecule has 1 aromatic carbocycles. The highest BCUT2D eigenvalue weighted by molar-refractivity contribution is 9.10. The first kappa shape index (κ1) is 17.4. The number of carboxylic acids is 1. The second-order valence-electron chi connectivity index (χ2n) is 4.51. The first-order valence-electron chi connectivity index (χ1n) is 6.47. The quantitative estimate of drug-likeness (QED) is 0.782. The molecular formula is C14H17BrFNO4. The Kier molecular flexibility index (Phi) is 6.14. The van der Waals surface area contributed by atoms with Gasteiger partial charge in [0.1, 0.15) is 5.54 Å². The van der Waals surface area contributed by atoms with Crippen molar-refractivity contribution in [2.24, 2.45) is 0 Å². The van der Waals surface area contributed by atoms with Gasteiger partial charge in [-0.25, -0.2) is 9.18 Å². The minimum absolute atomic E-state index is 0.0673. The molecule has 0 atom stereocenters. The van der Waals surface area contributed by atoms with Gasteiger partial charge in [-0.1, -0.05) is 29.8 Å². The van der Waals surface area contributed by atoms with E-state index in [4.69, 9.17) is 4.74 Å². The lowest BCUT2D eigenvalue weighted by Gasteiger charge is -2.27. The third kappa shape index (κ3) is 4.42. The van der Waals surface area contributed by atoms with Crippen LogP contribution in [0.4, 0.5) is 4.39 Å². The van der Waals surface area contributed by atoms with Gasteiger partial charge in [0.05, 0.1) is 0 Å². The summed E-state index contributed by atoms with van der Waals surface area (Å²) in [5.41, 5.74) is -1.32. The number of carbonyl (C=O) groups excluding carboxylic acids is 1. The third-order valence-corrected chi connectivity index (χ3v) is 3.74. The number of hydrogen-bond acceptors (Lipinski definition) is 3. The van der Waals surface area contributed by atoms with Crippen LogP contribution in [0.2, 0.25) is 0 Å². The number of carboxylic acid groups (broad SMARTS) is 1. The van der Waals surface area contributed by atoms with Crippen LogP contribution in [-0.2, 0) is 9.59 Å². The zero-order valence-electron chi connectivity index (χ0n) is 11.8. The Morgan fingerprint density at radius 1 is 1.38 bits per heavy atom. The van der Waals surface area contributed by atoms with Crippen LogP contribution in [0.1, 0.15) is 26.7 Å². The van der Waals surface area contributed by atoms with Gasteiger partial charge in [-0.2, -0.15) is 0 Å². The number of ether oxygens (including phenoxy) is 1. The van der Waals surface area contributed by atoms with Crippen LogP contribution in [0.25, 0.3) is 0 Å². The Morgan fingerprint density at radius 2 is 2.00 bits per heavy atom. The summed E-state index contributed by atoms with van der Waals surface area (Å²) in [5.74, 6) is -2.38. The van der Waals surface area contributed by atoms with Gasteiger partial charge in [-0.05, 0) is 31.0 Å². The number of hydrogen-bond donors (Lipinski definition) is 2. The fourth-order valence-corrected chi connectivity index (χ4v) is 2.15. The highest BCUT2D eigenvalue weighted by Gasteiger charge is 2.36. The van der Waals surface area contributed by atoms with Crippen LogP contribution >= 0.6 is 15.9 Å². The van der Waals surface area contributed by atoms with Crippen molar-refractivity contribution in [2.75, 3.05) is 6.61 Å². The smallest absolute Gasteiger partial charge is 0.329 e. The van der Waals surface area contributed by atoms with E-state index < -0.39 is 29.8 Å². The van der Waals surface area contributed by atoms with Crippen molar-refractivity contribution in [3.63, 3.8) is 0 Å². The average molecular weight is 362 g/mol. The molecule has 0 aliphatic carbocycles. The Balaban J connectivity index is 2.67. The lowest BCUT2D eigenvalue weighted by molar-refractivity contribution is -0.148. The molecule has 116 valence electrons. The molecule has 0 bridgehead atoms. The van der Waals surface area contributed by atoms with Gasteiger partial charge >= 0.3 is 5.97 Å². The van der Waals surface area contributed by atoms with Crippen LogP contribution in [0.15, 0.2) is 22.7 Å². The van der Waals surface area contributed by atoms with E-state index in [9.17, 15) is 19.1 Å². The molecular weight excluding hydrogens is 345 g/mol. The lowest BCUT2D eigenvalue weighted by Crippen LogP contribution is -2.54. The third-order valence-electron chi connectivity index (χ3n) is 3.25. The molecule has 0 saturated carbocycles. The second kappa shape index (κ2) is 7.40. The standard InChI is InChI=1S/C14H17BrFNO4/c1-3-14(4-2,13(19)20)17-12(18)8-21-11-6-5-9(15)7-10(11)16/h5-7H,3-4,8H2,1-2H3,(H,17,18)(H,19,20). The Labute approximate surface area is 130 Å². The fourth-order valence-electron chi connectivity index (χ4n) is 1.82. The van der Waals surface area contributed by atoms with Crippen molar-refractivity contribution in [3.8, 4) is 5.75 Å². The van der Waals surface area contributed by atoms with Crippen molar-refractivity contribution in [1.82, 2.24) is 5.32 Å². The second-order valence-corrected chi connectivity index (χ2v) is 5.42. The van der Waals surface area contributed by atoms with E-state index in [1.54, 1.807) is 19.9 Å². The number of nitrogens with one attached hydrogen (secondary N) is 1. The first-order chi connectivity index (χ1) is 9.84. The summed E-state index contributed by atoms with van der Waals surface area (Å²) in [6.45, 7) is 2.90. The molecule has 0 unspecified atom stereocenters. The maximum absolute atomic E-state index is 13.5. The maximum Gasteiger partial charge on any atom is 0.329 e. The molecule has 0 heterocycles. The van der Waals surface area contributed by atoms with Gasteiger partial charge in [-0.3, -0.25) is 4.79 Å². The van der Waals surface area contributed by atoms with Crippen LogP contribution < -0.4 is 10.1 Å². The fraction of sp³-hybridized carbons (Fsp3) is 0.429. The Hall–Kier alpha value is -1.63. The number of amides is 1. The van der Waals surface area contributed by atoms with Gasteiger partial charge in [0.2, 0.25) is 0 Å². The summed E-state index contributed by atoms with van der Waals surface area (Å²) < 4.78 is 19.1. The summed E-state index contributed by atoms with van der Waals surface area (Å²) in [4.78, 5) is 23.1. The molecule has 2 N–H and O–H groups in total. The molecule has 0 fully saturated rings. The molecule has 0 radical (unpaired) electrons. The summed E-state index contributed by atoms with van der Waals surface area (Å²) in [7, 11) is 0. The molecule has 21 heavy (non-hydrogen) atoms. The largest absolute Gasteiger partial charge is 0.481 e. The van der Waals surface area contributed by atoms with E-state index >= 15 is 0 Å². The van der Waals surface area contributed by atoms with E-state index in [0.717, 1.165) is 0 Å². The molecule has 0 saturated heterocycles. The van der Waals surface area contributed by atoms with Crippen LogP contribution in [-0.4, -0.2) is 29.1 Å². The molecule has 1 aromatic rings. The molecule has 0 aliphatic rings. The van der Waals surface area contributed by atoms with Crippen LogP contribution in [0, 0.1) is 5.82 Å². The monoisotopic (exact) mass is 361 g/mol. The normalized spacial score (nSPS) is 11.0. The predicted molar refractivity (Wildman–Crippen MR) is 78.7 cm³/mol. The molecule has 0 aliphatic heterocycles. The van der Waals surface area contributed by atoms with E-state index in [1.165, 1.54) is 12.1 Å². The lowest BCUT2D eigenvalue weighted by atomic mass is 9.93. The zero-order chi connectivity index (χ0) is 16.0. The zero-order valence-corrected chi connectivity index (χ0v) is 13.4. The predicted octanol–water partition coefficient (Wildman–Crippen LogP) is 2.73. The maximum atomic E-state index is 13.5. The number of halogens is 2. The highest BCUT2D eigenvalue weighted by atomic mass is 79.9. The van der Waals surface area contributed by atoms with Gasteiger partial charge in [0, 0.05) is 4.47 Å². The van der Waals surface area contributed by atoms with Crippen LogP contribution in [0.5, 0.6) is 5.75 Å². The number of benzene rings is 1. The number of rotatable bonds is 7. The van der Waals surface area contributed by atoms with E-state index in [-0.39, 0.29) is 18.6 Å². The van der Waals surface area contributed by atoms with E-state index in [2.05, 4.69) is 21.2 Å². The van der Waals surface area contributed by atoms with Crippen LogP contribution in [0.3, 0.4) is 0 Å². The number of carbonyl (C=O) groups is 2. The SMILES string of the molecule is CCC(CC)(NC(=O)COc1ccc(Br)cc1F)C(=O)O. The molecule has 7 heteroatoms.